The SMILES string of the molecule is COc1cc(C(=O)N[C@H]2CC[C@H](N3CCOCC3)CC2)ccc1Nc1ncc2c(n1)-c1c(nn(C)c1-c1ccccc1Cl)CC2C. The van der Waals surface area contributed by atoms with Crippen molar-refractivity contribution in [3.63, 3.8) is 0 Å². The van der Waals surface area contributed by atoms with Crippen LogP contribution >= 0.6 is 11.6 Å². The number of hydrogen-bond donors (Lipinski definition) is 2. The van der Waals surface area contributed by atoms with Crippen LogP contribution in [0.25, 0.3) is 22.5 Å². The van der Waals surface area contributed by atoms with Gasteiger partial charge in [-0.3, -0.25) is 14.4 Å². The minimum atomic E-state index is -0.0881. The van der Waals surface area contributed by atoms with Gasteiger partial charge in [-0.1, -0.05) is 36.7 Å². The maximum Gasteiger partial charge on any atom is 0.251 e. The second-order valence-corrected chi connectivity index (χ2v) is 13.0. The van der Waals surface area contributed by atoms with Gasteiger partial charge in [-0.15, -0.1) is 0 Å². The third-order valence-electron chi connectivity index (χ3n) is 9.64. The summed E-state index contributed by atoms with van der Waals surface area (Å²) in [6, 6.07) is 14.0. The number of anilines is 2. The fourth-order valence-electron chi connectivity index (χ4n) is 7.20. The molecule has 0 radical (unpaired) electrons. The number of ether oxygens (including phenoxy) is 2. The van der Waals surface area contributed by atoms with Crippen molar-refractivity contribution in [2.24, 2.45) is 7.05 Å². The van der Waals surface area contributed by atoms with E-state index in [1.54, 1.807) is 13.2 Å². The fraction of sp³-hybridized carbons (Fsp3) is 0.429. The number of aryl methyl sites for hydroxylation is 1. The molecule has 1 saturated heterocycles. The zero-order valence-corrected chi connectivity index (χ0v) is 27.3. The highest BCUT2D eigenvalue weighted by molar-refractivity contribution is 6.33. The monoisotopic (exact) mass is 641 g/mol. The van der Waals surface area contributed by atoms with Crippen LogP contribution in [-0.4, -0.2) is 76.1 Å². The van der Waals surface area contributed by atoms with E-state index in [2.05, 4.69) is 27.4 Å². The third-order valence-corrected chi connectivity index (χ3v) is 9.97. The van der Waals surface area contributed by atoms with Crippen molar-refractivity contribution in [3.8, 4) is 28.3 Å². The van der Waals surface area contributed by atoms with E-state index in [1.807, 2.05) is 54.3 Å². The molecule has 1 atom stereocenters. The highest BCUT2D eigenvalue weighted by Crippen LogP contribution is 2.45. The summed E-state index contributed by atoms with van der Waals surface area (Å²) < 4.78 is 13.1. The van der Waals surface area contributed by atoms with Gasteiger partial charge in [0.1, 0.15) is 5.75 Å². The number of amides is 1. The van der Waals surface area contributed by atoms with E-state index in [0.29, 0.717) is 34.0 Å². The first kappa shape index (κ1) is 30.7. The molecule has 0 spiro atoms. The highest BCUT2D eigenvalue weighted by Gasteiger charge is 2.32. The normalized spacial score (nSPS) is 21.3. The van der Waals surface area contributed by atoms with Gasteiger partial charge in [0.05, 0.1) is 43.1 Å². The maximum atomic E-state index is 13.3. The summed E-state index contributed by atoms with van der Waals surface area (Å²) in [5.41, 5.74) is 6.95. The molecule has 11 heteroatoms. The van der Waals surface area contributed by atoms with E-state index >= 15 is 0 Å². The summed E-state index contributed by atoms with van der Waals surface area (Å²) >= 11 is 6.65. The molecule has 4 aromatic rings. The number of benzene rings is 2. The average Bonchev–Trinajstić information content (AvgIpc) is 3.41. The predicted octanol–water partition coefficient (Wildman–Crippen LogP) is 5.98. The van der Waals surface area contributed by atoms with Crippen molar-refractivity contribution < 1.29 is 14.3 Å². The standard InChI is InChI=1S/C35H40ClN7O3/c1-21-18-29-31(33(42(2)41-29)25-6-4-5-7-27(25)36)32-26(21)20-37-35(40-32)39-28-13-8-22(19-30(28)45-3)34(44)38-23-9-11-24(12-10-23)43-14-16-46-17-15-43/h4-8,13,19-21,23-24H,9-12,14-18H2,1-3H3,(H,38,44)(H,37,39,40)/t21?,23-,24-. The molecular formula is C35H40ClN7O3. The molecule has 2 N–H and O–H groups in total. The van der Waals surface area contributed by atoms with Gasteiger partial charge in [-0.2, -0.15) is 5.10 Å². The first-order valence-corrected chi connectivity index (χ1v) is 16.5. The molecule has 7 rings (SSSR count). The molecule has 2 aromatic heterocycles. The van der Waals surface area contributed by atoms with Gasteiger partial charge >= 0.3 is 0 Å². The number of nitrogens with one attached hydrogen (secondary N) is 2. The summed E-state index contributed by atoms with van der Waals surface area (Å²) in [7, 11) is 3.54. The Morgan fingerprint density at radius 1 is 1.09 bits per heavy atom. The van der Waals surface area contributed by atoms with E-state index in [4.69, 9.17) is 31.2 Å². The Kier molecular flexibility index (Phi) is 8.68. The Bertz CT molecular complexity index is 1740. The van der Waals surface area contributed by atoms with Crippen molar-refractivity contribution in [2.75, 3.05) is 38.7 Å². The lowest BCUT2D eigenvalue weighted by atomic mass is 9.85. The van der Waals surface area contributed by atoms with Gasteiger partial charge in [0.2, 0.25) is 5.95 Å². The molecule has 1 unspecified atom stereocenters. The van der Waals surface area contributed by atoms with Crippen LogP contribution < -0.4 is 15.4 Å². The minimum Gasteiger partial charge on any atom is -0.495 e. The molecule has 3 aliphatic rings. The minimum absolute atomic E-state index is 0.0881. The summed E-state index contributed by atoms with van der Waals surface area (Å²) in [5, 5.41) is 12.1. The van der Waals surface area contributed by atoms with Crippen LogP contribution in [-0.2, 0) is 18.2 Å². The Morgan fingerprint density at radius 2 is 1.87 bits per heavy atom. The van der Waals surface area contributed by atoms with Gasteiger partial charge in [0.25, 0.3) is 5.91 Å². The lowest BCUT2D eigenvalue weighted by molar-refractivity contribution is 0.00664. The Morgan fingerprint density at radius 3 is 2.63 bits per heavy atom. The van der Waals surface area contributed by atoms with Crippen LogP contribution in [0.15, 0.2) is 48.7 Å². The number of carbonyl (C=O) groups excluding carboxylic acids is 1. The average molecular weight is 642 g/mol. The maximum absolute atomic E-state index is 13.3. The van der Waals surface area contributed by atoms with Crippen LogP contribution in [0.1, 0.15) is 60.1 Å². The van der Waals surface area contributed by atoms with Crippen molar-refractivity contribution in [3.05, 3.63) is 70.5 Å². The quantitative estimate of drug-likeness (QED) is 0.254. The number of carbonyl (C=O) groups is 1. The number of rotatable bonds is 7. The van der Waals surface area contributed by atoms with Gasteiger partial charge < -0.3 is 20.1 Å². The van der Waals surface area contributed by atoms with Crippen LogP contribution in [0.2, 0.25) is 5.02 Å². The van der Waals surface area contributed by atoms with Crippen molar-refractivity contribution >= 4 is 29.1 Å². The highest BCUT2D eigenvalue weighted by atomic mass is 35.5. The molecule has 46 heavy (non-hydrogen) atoms. The zero-order chi connectivity index (χ0) is 31.8. The molecule has 2 fully saturated rings. The lowest BCUT2D eigenvalue weighted by Crippen LogP contribution is -2.47. The Hall–Kier alpha value is -3.99. The molecule has 1 saturated carbocycles. The van der Waals surface area contributed by atoms with Crippen molar-refractivity contribution in [1.82, 2.24) is 30.0 Å². The molecule has 240 valence electrons. The van der Waals surface area contributed by atoms with Gasteiger partial charge in [0, 0.05) is 65.7 Å². The summed E-state index contributed by atoms with van der Waals surface area (Å²) in [5.74, 6) is 1.10. The number of morpholine rings is 1. The van der Waals surface area contributed by atoms with Crippen LogP contribution in [0.4, 0.5) is 11.6 Å². The molecule has 2 aliphatic carbocycles. The number of aromatic nitrogens is 4. The Labute approximate surface area is 274 Å². The van der Waals surface area contributed by atoms with Crippen molar-refractivity contribution in [2.45, 2.75) is 57.0 Å². The summed E-state index contributed by atoms with van der Waals surface area (Å²) in [6.45, 7) is 5.82. The molecule has 1 aliphatic heterocycles. The smallest absolute Gasteiger partial charge is 0.251 e. The molecule has 1 amide bonds. The van der Waals surface area contributed by atoms with E-state index < -0.39 is 0 Å². The topological polar surface area (TPSA) is 106 Å². The molecule has 2 aromatic carbocycles. The van der Waals surface area contributed by atoms with Gasteiger partial charge in [-0.25, -0.2) is 9.97 Å². The van der Waals surface area contributed by atoms with E-state index in [0.717, 1.165) is 92.2 Å². The molecular weight excluding hydrogens is 602 g/mol. The van der Waals surface area contributed by atoms with Gasteiger partial charge in [0.15, 0.2) is 0 Å². The largest absolute Gasteiger partial charge is 0.495 e. The van der Waals surface area contributed by atoms with Crippen LogP contribution in [0.3, 0.4) is 0 Å². The second kappa shape index (κ2) is 13.0. The number of nitrogens with zero attached hydrogens (tertiary/aromatic N) is 5. The molecule has 0 bridgehead atoms. The van der Waals surface area contributed by atoms with Crippen LogP contribution in [0.5, 0.6) is 5.75 Å². The summed E-state index contributed by atoms with van der Waals surface area (Å²) in [4.78, 5) is 25.5. The molecule has 10 nitrogen and oxygen atoms in total. The third kappa shape index (κ3) is 5.97. The van der Waals surface area contributed by atoms with E-state index in [-0.39, 0.29) is 17.9 Å². The van der Waals surface area contributed by atoms with Crippen molar-refractivity contribution in [1.29, 1.82) is 0 Å². The zero-order valence-electron chi connectivity index (χ0n) is 26.6. The van der Waals surface area contributed by atoms with Gasteiger partial charge in [-0.05, 0) is 62.3 Å². The number of methoxy groups -OCH3 is 1. The lowest BCUT2D eigenvalue weighted by Gasteiger charge is -2.38. The van der Waals surface area contributed by atoms with Crippen LogP contribution in [0, 0.1) is 0 Å². The Balaban J connectivity index is 1.09. The first-order valence-electron chi connectivity index (χ1n) is 16.2. The summed E-state index contributed by atoms with van der Waals surface area (Å²) in [6.07, 6.45) is 6.84. The second-order valence-electron chi connectivity index (χ2n) is 12.5. The number of hydrogen-bond acceptors (Lipinski definition) is 8. The van der Waals surface area contributed by atoms with E-state index in [9.17, 15) is 4.79 Å². The molecule has 3 heterocycles. The number of fused-ring (bicyclic) bond motifs is 3. The first-order chi connectivity index (χ1) is 22.4. The number of halogens is 1. The predicted molar refractivity (Wildman–Crippen MR) is 179 cm³/mol. The fourth-order valence-corrected chi connectivity index (χ4v) is 7.42. The van der Waals surface area contributed by atoms with E-state index in [1.165, 1.54) is 0 Å².